The molecule has 2 aromatic heterocycles. The van der Waals surface area contributed by atoms with Crippen LogP contribution in [0.25, 0.3) is 0 Å². The zero-order valence-electron chi connectivity index (χ0n) is 8.15. The number of hydrogen-bond donors (Lipinski definition) is 0. The third-order valence-electron chi connectivity index (χ3n) is 1.79. The number of aromatic nitrogens is 2. The lowest BCUT2D eigenvalue weighted by Crippen LogP contribution is -1.91. The lowest BCUT2D eigenvalue weighted by atomic mass is 10.5. The van der Waals surface area contributed by atoms with Gasteiger partial charge in [-0.15, -0.1) is 0 Å². The van der Waals surface area contributed by atoms with Gasteiger partial charge in [0.15, 0.2) is 0 Å². The van der Waals surface area contributed by atoms with Gasteiger partial charge in [0.25, 0.3) is 0 Å². The Bertz CT molecular complexity index is 552. The van der Waals surface area contributed by atoms with Gasteiger partial charge in [-0.3, -0.25) is 9.97 Å². The van der Waals surface area contributed by atoms with Crippen molar-refractivity contribution in [1.29, 1.82) is 0 Å². The van der Waals surface area contributed by atoms with E-state index in [0.29, 0.717) is 0 Å². The van der Waals surface area contributed by atoms with Crippen LogP contribution in [0, 0.1) is 0 Å². The van der Waals surface area contributed by atoms with Gasteiger partial charge in [-0.05, 0) is 63.6 Å². The Balaban J connectivity index is 2.29. The predicted octanol–water partition coefficient (Wildman–Crippen LogP) is 2.62. The van der Waals surface area contributed by atoms with Gasteiger partial charge < -0.3 is 0 Å². The average molecular weight is 284 g/mol. The standard InChI is InChI=1S/C10H8N2S4/c13-16(14,10-3-7-12-8-4-10)15-9-1-5-11-6-2-9/h1-8H. The molecule has 0 radical (unpaired) electrons. The Kier molecular flexibility index (Phi) is 3.86. The summed E-state index contributed by atoms with van der Waals surface area (Å²) in [7, 11) is 1.54. The molecule has 0 aromatic carbocycles. The van der Waals surface area contributed by atoms with Gasteiger partial charge in [0, 0.05) is 34.6 Å². The fraction of sp³-hybridized carbons (Fsp3) is 0. The molecule has 0 amide bonds. The maximum Gasteiger partial charge on any atom is 0.0289 e. The normalized spacial score (nSPS) is 11.2. The minimum atomic E-state index is -1.70. The monoisotopic (exact) mass is 284 g/mol. The highest BCUT2D eigenvalue weighted by atomic mass is 33.5. The van der Waals surface area contributed by atoms with Crippen molar-refractivity contribution in [1.82, 2.24) is 9.97 Å². The van der Waals surface area contributed by atoms with Crippen LogP contribution < -0.4 is 0 Å². The largest absolute Gasteiger partial charge is 0.265 e. The number of pyridine rings is 2. The Morgan fingerprint density at radius 3 is 1.94 bits per heavy atom. The molecule has 0 N–H and O–H groups in total. The summed E-state index contributed by atoms with van der Waals surface area (Å²) in [6.45, 7) is 0. The molecule has 2 aromatic rings. The maximum absolute atomic E-state index is 5.50. The van der Waals surface area contributed by atoms with Crippen molar-refractivity contribution in [2.75, 3.05) is 0 Å². The molecule has 0 fully saturated rings. The summed E-state index contributed by atoms with van der Waals surface area (Å²) in [6.07, 6.45) is 5.24. The first-order chi connectivity index (χ1) is 7.68. The van der Waals surface area contributed by atoms with Crippen molar-refractivity contribution in [3.63, 3.8) is 0 Å². The van der Waals surface area contributed by atoms with Crippen LogP contribution >= 0.6 is 10.8 Å². The molecule has 2 rings (SSSR count). The summed E-state index contributed by atoms with van der Waals surface area (Å²) in [5.41, 5.74) is 0. The smallest absolute Gasteiger partial charge is 0.0289 e. The minimum Gasteiger partial charge on any atom is -0.265 e. The van der Waals surface area contributed by atoms with Crippen LogP contribution in [0.2, 0.25) is 0 Å². The second-order valence-electron chi connectivity index (χ2n) is 2.90. The van der Waals surface area contributed by atoms with E-state index < -0.39 is 6.18 Å². The van der Waals surface area contributed by atoms with Crippen molar-refractivity contribution in [3.05, 3.63) is 49.1 Å². The van der Waals surface area contributed by atoms with E-state index in [-0.39, 0.29) is 0 Å². The third-order valence-corrected chi connectivity index (χ3v) is 7.52. The summed E-state index contributed by atoms with van der Waals surface area (Å²) in [6, 6.07) is 7.63. The molecule has 16 heavy (non-hydrogen) atoms. The summed E-state index contributed by atoms with van der Waals surface area (Å²) >= 11 is 11.0. The van der Waals surface area contributed by atoms with Crippen molar-refractivity contribution in [2.45, 2.75) is 9.79 Å². The number of hydrogen-bond acceptors (Lipinski definition) is 5. The molecule has 0 saturated carbocycles. The first-order valence-corrected chi connectivity index (χ1v) is 9.25. The van der Waals surface area contributed by atoms with E-state index in [4.69, 9.17) is 22.4 Å². The van der Waals surface area contributed by atoms with Crippen molar-refractivity contribution in [3.8, 4) is 0 Å². The molecular weight excluding hydrogens is 276 g/mol. The highest BCUT2D eigenvalue weighted by molar-refractivity contribution is 8.98. The summed E-state index contributed by atoms with van der Waals surface area (Å²) < 4.78 is 0. The molecule has 0 aliphatic heterocycles. The predicted molar refractivity (Wildman–Crippen MR) is 74.7 cm³/mol. The lowest BCUT2D eigenvalue weighted by molar-refractivity contribution is 1.26. The molecule has 0 atom stereocenters. The van der Waals surface area contributed by atoms with E-state index in [9.17, 15) is 0 Å². The van der Waals surface area contributed by atoms with Gasteiger partial charge in [-0.1, -0.05) is 0 Å². The first kappa shape index (κ1) is 11.9. The van der Waals surface area contributed by atoms with Crippen LogP contribution in [0.4, 0.5) is 0 Å². The zero-order valence-corrected chi connectivity index (χ0v) is 11.4. The quantitative estimate of drug-likeness (QED) is 0.807. The Morgan fingerprint density at radius 2 is 1.38 bits per heavy atom. The first-order valence-electron chi connectivity index (χ1n) is 4.43. The molecule has 82 valence electrons. The maximum atomic E-state index is 5.50. The van der Waals surface area contributed by atoms with E-state index in [2.05, 4.69) is 9.97 Å². The van der Waals surface area contributed by atoms with Crippen molar-refractivity contribution >= 4 is 39.3 Å². The Labute approximate surface area is 108 Å². The molecule has 2 nitrogen and oxygen atoms in total. The van der Waals surface area contributed by atoms with E-state index in [1.54, 1.807) is 35.6 Å². The second-order valence-corrected chi connectivity index (χ2v) is 11.8. The van der Waals surface area contributed by atoms with Gasteiger partial charge in [-0.25, -0.2) is 0 Å². The van der Waals surface area contributed by atoms with Crippen LogP contribution in [0.15, 0.2) is 58.8 Å². The molecule has 0 unspecified atom stereocenters. The molecule has 2 heterocycles. The van der Waals surface area contributed by atoms with Gasteiger partial charge >= 0.3 is 0 Å². The average Bonchev–Trinajstić information content (AvgIpc) is 2.31. The fourth-order valence-electron chi connectivity index (χ4n) is 1.07. The van der Waals surface area contributed by atoms with E-state index in [1.807, 2.05) is 24.3 Å². The van der Waals surface area contributed by atoms with Gasteiger partial charge in [0.05, 0.1) is 0 Å². The summed E-state index contributed by atoms with van der Waals surface area (Å²) in [4.78, 5) is 9.99. The van der Waals surface area contributed by atoms with E-state index >= 15 is 0 Å². The highest BCUT2D eigenvalue weighted by Crippen LogP contribution is 2.30. The molecule has 0 bridgehead atoms. The second kappa shape index (κ2) is 5.18. The van der Waals surface area contributed by atoms with Crippen LogP contribution in [-0.4, -0.2) is 9.97 Å². The SMILES string of the molecule is S=S(=S)(Sc1ccncc1)c1ccncc1. The Morgan fingerprint density at radius 1 is 0.875 bits per heavy atom. The fourth-order valence-corrected chi connectivity index (χ4v) is 5.91. The molecule has 0 spiro atoms. The van der Waals surface area contributed by atoms with Crippen LogP contribution in [0.5, 0.6) is 0 Å². The van der Waals surface area contributed by atoms with Gasteiger partial charge in [0.2, 0.25) is 0 Å². The van der Waals surface area contributed by atoms with Crippen LogP contribution in [-0.2, 0) is 28.6 Å². The number of nitrogens with zero attached hydrogens (tertiary/aromatic N) is 2. The van der Waals surface area contributed by atoms with Crippen molar-refractivity contribution < 1.29 is 0 Å². The Hall–Kier alpha value is -0.560. The van der Waals surface area contributed by atoms with Crippen molar-refractivity contribution in [2.24, 2.45) is 0 Å². The third kappa shape index (κ3) is 2.98. The molecule has 0 aliphatic rings. The van der Waals surface area contributed by atoms with Crippen LogP contribution in [0.3, 0.4) is 0 Å². The van der Waals surface area contributed by atoms with Gasteiger partial charge in [-0.2, -0.15) is 0 Å². The topological polar surface area (TPSA) is 25.8 Å². The van der Waals surface area contributed by atoms with Crippen LogP contribution in [0.1, 0.15) is 0 Å². The van der Waals surface area contributed by atoms with E-state index in [0.717, 1.165) is 9.79 Å². The highest BCUT2D eigenvalue weighted by Gasteiger charge is 2.07. The minimum absolute atomic E-state index is 0.995. The summed E-state index contributed by atoms with van der Waals surface area (Å²) in [5, 5.41) is 0. The molecule has 6 heteroatoms. The zero-order chi connectivity index (χ0) is 11.4. The number of rotatable bonds is 3. The summed E-state index contributed by atoms with van der Waals surface area (Å²) in [5.74, 6) is 0. The molecule has 0 aliphatic carbocycles. The van der Waals surface area contributed by atoms with Gasteiger partial charge in [0.1, 0.15) is 0 Å². The lowest BCUT2D eigenvalue weighted by Gasteiger charge is -2.08. The molecule has 0 saturated heterocycles. The molecular formula is C10H8N2S4. The van der Waals surface area contributed by atoms with E-state index in [1.165, 1.54) is 0 Å².